The van der Waals surface area contributed by atoms with Crippen LogP contribution in [0.4, 0.5) is 5.69 Å². The van der Waals surface area contributed by atoms with Crippen LogP contribution in [0.1, 0.15) is 5.56 Å². The molecule has 2 aromatic rings. The third kappa shape index (κ3) is 3.13. The third-order valence-electron chi connectivity index (χ3n) is 2.77. The summed E-state index contributed by atoms with van der Waals surface area (Å²) in [5.41, 5.74) is 1.36. The maximum absolute atomic E-state index is 12.3. The standard InChI is InChI=1S/C14H14BrNO3S/c1-10-9-11(7-8-13(10)19-2)16-20(17,18)14-6-4-3-5-12(14)15/h3-9,16H,1-2H3. The molecule has 0 aliphatic heterocycles. The van der Waals surface area contributed by atoms with Crippen molar-refractivity contribution < 1.29 is 13.2 Å². The highest BCUT2D eigenvalue weighted by atomic mass is 79.9. The number of anilines is 1. The zero-order valence-electron chi connectivity index (χ0n) is 11.1. The molecule has 1 N–H and O–H groups in total. The SMILES string of the molecule is COc1ccc(NS(=O)(=O)c2ccccc2Br)cc1C. The van der Waals surface area contributed by atoms with Gasteiger partial charge in [-0.15, -0.1) is 0 Å². The van der Waals surface area contributed by atoms with E-state index >= 15 is 0 Å². The third-order valence-corrected chi connectivity index (χ3v) is 5.17. The minimum absolute atomic E-state index is 0.202. The number of hydrogen-bond donors (Lipinski definition) is 1. The summed E-state index contributed by atoms with van der Waals surface area (Å²) in [5, 5.41) is 0. The van der Waals surface area contributed by atoms with Gasteiger partial charge in [-0.3, -0.25) is 4.72 Å². The van der Waals surface area contributed by atoms with Crippen LogP contribution in [0, 0.1) is 6.92 Å². The van der Waals surface area contributed by atoms with E-state index in [1.54, 1.807) is 49.6 Å². The quantitative estimate of drug-likeness (QED) is 0.911. The van der Waals surface area contributed by atoms with E-state index in [0.29, 0.717) is 15.9 Å². The van der Waals surface area contributed by atoms with Gasteiger partial charge in [0.25, 0.3) is 10.0 Å². The van der Waals surface area contributed by atoms with Gasteiger partial charge >= 0.3 is 0 Å². The maximum atomic E-state index is 12.3. The van der Waals surface area contributed by atoms with E-state index in [0.717, 1.165) is 5.56 Å². The zero-order chi connectivity index (χ0) is 14.8. The van der Waals surface area contributed by atoms with Gasteiger partial charge in [0.05, 0.1) is 7.11 Å². The predicted molar refractivity (Wildman–Crippen MR) is 82.7 cm³/mol. The summed E-state index contributed by atoms with van der Waals surface area (Å²) in [4.78, 5) is 0.202. The Bertz CT molecular complexity index is 729. The van der Waals surface area contributed by atoms with Gasteiger partial charge in [0.1, 0.15) is 10.6 Å². The second kappa shape index (κ2) is 5.85. The highest BCUT2D eigenvalue weighted by Gasteiger charge is 2.17. The molecule has 0 radical (unpaired) electrons. The molecule has 20 heavy (non-hydrogen) atoms. The molecule has 0 saturated carbocycles. The van der Waals surface area contributed by atoms with Gasteiger partial charge < -0.3 is 4.74 Å². The van der Waals surface area contributed by atoms with E-state index in [4.69, 9.17) is 4.74 Å². The second-order valence-electron chi connectivity index (χ2n) is 4.22. The fraction of sp³-hybridized carbons (Fsp3) is 0.143. The Hall–Kier alpha value is -1.53. The Morgan fingerprint density at radius 3 is 2.45 bits per heavy atom. The second-order valence-corrected chi connectivity index (χ2v) is 6.73. The molecule has 0 spiro atoms. The summed E-state index contributed by atoms with van der Waals surface area (Å²) in [7, 11) is -2.04. The average molecular weight is 356 g/mol. The van der Waals surface area contributed by atoms with Gasteiger partial charge in [0.2, 0.25) is 0 Å². The lowest BCUT2D eigenvalue weighted by atomic mass is 10.2. The van der Waals surface area contributed by atoms with Crippen LogP contribution in [0.15, 0.2) is 51.8 Å². The monoisotopic (exact) mass is 355 g/mol. The highest BCUT2D eigenvalue weighted by molar-refractivity contribution is 9.10. The summed E-state index contributed by atoms with van der Waals surface area (Å²) in [6, 6.07) is 11.8. The molecule has 0 amide bonds. The van der Waals surface area contributed by atoms with E-state index in [-0.39, 0.29) is 4.90 Å². The molecule has 0 heterocycles. The van der Waals surface area contributed by atoms with Gasteiger partial charge in [-0.2, -0.15) is 0 Å². The van der Waals surface area contributed by atoms with Crippen LogP contribution >= 0.6 is 15.9 Å². The van der Waals surface area contributed by atoms with Gasteiger partial charge in [0.15, 0.2) is 0 Å². The predicted octanol–water partition coefficient (Wildman–Crippen LogP) is 3.57. The summed E-state index contributed by atoms with van der Waals surface area (Å²) >= 11 is 3.24. The van der Waals surface area contributed by atoms with Crippen LogP contribution in [0.3, 0.4) is 0 Å². The Kier molecular flexibility index (Phi) is 4.35. The van der Waals surface area contributed by atoms with Crippen LogP contribution in [0.25, 0.3) is 0 Å². The number of nitrogens with one attached hydrogen (secondary N) is 1. The number of hydrogen-bond acceptors (Lipinski definition) is 3. The molecule has 0 unspecified atom stereocenters. The number of aryl methyl sites for hydroxylation is 1. The van der Waals surface area contributed by atoms with Crippen molar-refractivity contribution in [2.75, 3.05) is 11.8 Å². The minimum atomic E-state index is -3.62. The molecule has 0 fully saturated rings. The number of sulfonamides is 1. The van der Waals surface area contributed by atoms with Crippen LogP contribution < -0.4 is 9.46 Å². The van der Waals surface area contributed by atoms with Crippen molar-refractivity contribution in [2.45, 2.75) is 11.8 Å². The van der Waals surface area contributed by atoms with E-state index < -0.39 is 10.0 Å². The molecule has 0 aliphatic carbocycles. The fourth-order valence-electron chi connectivity index (χ4n) is 1.81. The number of ether oxygens (including phenoxy) is 1. The molecule has 0 saturated heterocycles. The lowest BCUT2D eigenvalue weighted by molar-refractivity contribution is 0.412. The van der Waals surface area contributed by atoms with Crippen LogP contribution in [0.2, 0.25) is 0 Å². The number of halogens is 1. The van der Waals surface area contributed by atoms with Crippen molar-refractivity contribution in [1.82, 2.24) is 0 Å². The van der Waals surface area contributed by atoms with Gasteiger partial charge in [-0.1, -0.05) is 12.1 Å². The molecular weight excluding hydrogens is 342 g/mol. The Morgan fingerprint density at radius 1 is 1.15 bits per heavy atom. The van der Waals surface area contributed by atoms with Gasteiger partial charge in [-0.25, -0.2) is 8.42 Å². The van der Waals surface area contributed by atoms with Gasteiger partial charge in [-0.05, 0) is 58.7 Å². The first-order chi connectivity index (χ1) is 9.44. The molecule has 2 rings (SSSR count). The number of benzene rings is 2. The van der Waals surface area contributed by atoms with Crippen molar-refractivity contribution in [1.29, 1.82) is 0 Å². The molecule has 4 nitrogen and oxygen atoms in total. The van der Waals surface area contributed by atoms with E-state index in [1.807, 2.05) is 6.92 Å². The van der Waals surface area contributed by atoms with Crippen LogP contribution in [-0.2, 0) is 10.0 Å². The first kappa shape index (κ1) is 14.9. The summed E-state index contributed by atoms with van der Waals surface area (Å²) in [5.74, 6) is 0.717. The normalized spacial score (nSPS) is 11.2. The molecule has 0 aromatic heterocycles. The fourth-order valence-corrected chi connectivity index (χ4v) is 3.87. The molecule has 106 valence electrons. The maximum Gasteiger partial charge on any atom is 0.263 e. The van der Waals surface area contributed by atoms with Crippen LogP contribution in [-0.4, -0.2) is 15.5 Å². The molecule has 0 bridgehead atoms. The largest absolute Gasteiger partial charge is 0.496 e. The smallest absolute Gasteiger partial charge is 0.263 e. The Balaban J connectivity index is 2.34. The van der Waals surface area contributed by atoms with Gasteiger partial charge in [0, 0.05) is 10.2 Å². The molecular formula is C14H14BrNO3S. The molecule has 2 aromatic carbocycles. The number of methoxy groups -OCH3 is 1. The zero-order valence-corrected chi connectivity index (χ0v) is 13.5. The van der Waals surface area contributed by atoms with Crippen molar-refractivity contribution in [3.8, 4) is 5.75 Å². The van der Waals surface area contributed by atoms with Crippen molar-refractivity contribution >= 4 is 31.6 Å². The lowest BCUT2D eigenvalue weighted by Crippen LogP contribution is -2.13. The number of rotatable bonds is 4. The molecule has 0 atom stereocenters. The first-order valence-electron chi connectivity index (χ1n) is 5.86. The van der Waals surface area contributed by atoms with E-state index in [1.165, 1.54) is 0 Å². The molecule has 6 heteroatoms. The van der Waals surface area contributed by atoms with E-state index in [9.17, 15) is 8.42 Å². The minimum Gasteiger partial charge on any atom is -0.496 e. The summed E-state index contributed by atoms with van der Waals surface area (Å²) in [6.07, 6.45) is 0. The summed E-state index contributed by atoms with van der Waals surface area (Å²) < 4.78 is 32.9. The first-order valence-corrected chi connectivity index (χ1v) is 8.13. The van der Waals surface area contributed by atoms with Crippen molar-refractivity contribution in [3.63, 3.8) is 0 Å². The molecule has 0 aliphatic rings. The Labute approximate surface area is 127 Å². The Morgan fingerprint density at radius 2 is 1.85 bits per heavy atom. The van der Waals surface area contributed by atoms with E-state index in [2.05, 4.69) is 20.7 Å². The lowest BCUT2D eigenvalue weighted by Gasteiger charge is -2.11. The average Bonchev–Trinajstić information content (AvgIpc) is 2.38. The van der Waals surface area contributed by atoms with Crippen molar-refractivity contribution in [2.24, 2.45) is 0 Å². The summed E-state index contributed by atoms with van der Waals surface area (Å²) in [6.45, 7) is 1.86. The highest BCUT2D eigenvalue weighted by Crippen LogP contribution is 2.26. The van der Waals surface area contributed by atoms with Crippen LogP contribution in [0.5, 0.6) is 5.75 Å². The van der Waals surface area contributed by atoms with Crippen molar-refractivity contribution in [3.05, 3.63) is 52.5 Å². The topological polar surface area (TPSA) is 55.4 Å².